The van der Waals surface area contributed by atoms with Gasteiger partial charge in [0, 0.05) is 103 Å². The number of phenolic OH excluding ortho intramolecular Hbond substituents is 1. The second-order valence-corrected chi connectivity index (χ2v) is 23.2. The van der Waals surface area contributed by atoms with Crippen molar-refractivity contribution < 1.29 is 33.8 Å². The first-order valence-corrected chi connectivity index (χ1v) is 28.3. The highest BCUT2D eigenvalue weighted by Gasteiger charge is 2.46. The number of phenols is 1. The molecule has 8 heterocycles. The van der Waals surface area contributed by atoms with Crippen LogP contribution in [0.1, 0.15) is 102 Å². The molecule has 6 fully saturated rings. The van der Waals surface area contributed by atoms with Gasteiger partial charge in [0.05, 0.1) is 53.6 Å². The number of anilines is 3. The number of aliphatic hydroxyl groups is 1. The van der Waals surface area contributed by atoms with Gasteiger partial charge in [-0.2, -0.15) is 5.10 Å². The number of carbonyl (C=O) groups is 2. The van der Waals surface area contributed by atoms with Gasteiger partial charge in [-0.3, -0.25) is 19.2 Å². The molecular weight excluding hydrogens is 977 g/mol. The predicted octanol–water partition coefficient (Wildman–Crippen LogP) is 6.00. The number of piperidine rings is 3. The Hall–Kier alpha value is -6.12. The van der Waals surface area contributed by atoms with E-state index in [1.807, 2.05) is 87.1 Å². The van der Waals surface area contributed by atoms with Crippen molar-refractivity contribution in [3.8, 4) is 28.3 Å². The number of ether oxygens (including phenoxy) is 2. The van der Waals surface area contributed by atoms with E-state index in [9.17, 15) is 19.8 Å². The maximum absolute atomic E-state index is 14.4. The van der Waals surface area contributed by atoms with Crippen LogP contribution in [0, 0.1) is 11.8 Å². The summed E-state index contributed by atoms with van der Waals surface area (Å²) < 4.78 is 21.1. The summed E-state index contributed by atoms with van der Waals surface area (Å²) in [4.78, 5) is 39.6. The number of aromatic nitrogens is 5. The van der Waals surface area contributed by atoms with Gasteiger partial charge in [0.2, 0.25) is 11.8 Å². The molecule has 11 rings (SSSR count). The van der Waals surface area contributed by atoms with Crippen LogP contribution in [0.25, 0.3) is 22.5 Å². The third kappa shape index (κ3) is 11.6. The number of nitrogen functional groups attached to an aromatic ring is 1. The molecule has 1 spiro atoms. The van der Waals surface area contributed by atoms with E-state index in [1.54, 1.807) is 18.3 Å². The second kappa shape index (κ2) is 22.7. The molecule has 5 aliphatic heterocycles. The van der Waals surface area contributed by atoms with Crippen LogP contribution in [0.3, 0.4) is 0 Å². The summed E-state index contributed by atoms with van der Waals surface area (Å²) in [5, 5.41) is 41.6. The van der Waals surface area contributed by atoms with Crippen molar-refractivity contribution in [1.82, 2.24) is 45.2 Å². The molecule has 19 nitrogen and oxygen atoms in total. The summed E-state index contributed by atoms with van der Waals surface area (Å²) in [7, 11) is 1.90. The number of aryl methyl sites for hydroxylation is 1. The van der Waals surface area contributed by atoms with Crippen molar-refractivity contribution in [1.29, 1.82) is 0 Å². The molecule has 5 aromatic rings. The minimum absolute atomic E-state index is 0.0859. The van der Waals surface area contributed by atoms with Crippen LogP contribution in [-0.4, -0.2) is 170 Å². The van der Waals surface area contributed by atoms with Crippen molar-refractivity contribution in [2.24, 2.45) is 18.9 Å². The van der Waals surface area contributed by atoms with Gasteiger partial charge in [-0.15, -0.1) is 10.2 Å². The van der Waals surface area contributed by atoms with Crippen LogP contribution in [0.4, 0.5) is 17.3 Å². The predicted molar refractivity (Wildman–Crippen MR) is 293 cm³/mol. The van der Waals surface area contributed by atoms with Gasteiger partial charge in [-0.25, -0.2) is 0 Å². The van der Waals surface area contributed by atoms with Gasteiger partial charge in [-0.1, -0.05) is 55.4 Å². The number of aromatic hydroxyl groups is 1. The first kappa shape index (κ1) is 52.9. The fourth-order valence-electron chi connectivity index (χ4n) is 13.1. The number of amides is 2. The molecule has 0 bridgehead atoms. The number of nitrogens with two attached hydrogens (primary N) is 1. The average molecular weight is 1060 g/mol. The van der Waals surface area contributed by atoms with Crippen molar-refractivity contribution in [2.45, 2.75) is 127 Å². The maximum atomic E-state index is 14.4. The van der Waals surface area contributed by atoms with Gasteiger partial charge < -0.3 is 54.9 Å². The minimum Gasteiger partial charge on any atom is -0.507 e. The van der Waals surface area contributed by atoms with Crippen molar-refractivity contribution >= 4 is 29.1 Å². The molecule has 1 saturated carbocycles. The van der Waals surface area contributed by atoms with Crippen LogP contribution in [0.15, 0.2) is 77.4 Å². The summed E-state index contributed by atoms with van der Waals surface area (Å²) in [6, 6.07) is 20.4. The number of hydrogen-bond donors (Lipinski definition) is 4. The third-order valence-electron chi connectivity index (χ3n) is 17.7. The van der Waals surface area contributed by atoms with Crippen LogP contribution in [0.2, 0.25) is 0 Å². The molecule has 77 heavy (non-hydrogen) atoms. The largest absolute Gasteiger partial charge is 0.507 e. The minimum atomic E-state index is -0.801. The Balaban J connectivity index is 0.596. The normalized spacial score (nSPS) is 24.6. The van der Waals surface area contributed by atoms with Crippen molar-refractivity contribution in [3.63, 3.8) is 0 Å². The molecule has 4 atom stereocenters. The number of hydrogen-bond acceptors (Lipinski definition) is 16. The molecule has 412 valence electrons. The number of para-hydroxylation sites is 1. The zero-order chi connectivity index (χ0) is 53.4. The highest BCUT2D eigenvalue weighted by atomic mass is 16.5. The number of carbonyl (C=O) groups excluding carboxylic acids is 2. The lowest BCUT2D eigenvalue weighted by molar-refractivity contribution is -0.159. The standard InChI is InChI=1S/C58H78N12O7/c1-37(2)54(57(74)70-35-43(71)31-50(70)56(73)61-38(3)40-9-11-41(12-10-40)48-13-20-60-65(48)4)52-33-53(64-77-52)68-23-14-39(15-24-68)34-66-21-16-44(17-22-66)76-45-29-42(30-45)69-27-28-75-58(36-69)18-25-67(26-19-58)49-32-47(62-63-55(49)59)46-7-5-6-8-51(46)72/h5-13,20,32-33,37-39,42-45,50,54,71-72H,14-19,21-31,34-36H2,1-4H3,(H2,59,63)(H,61,73)/t38-,42?,43+,45?,50-,54+/m0/s1. The summed E-state index contributed by atoms with van der Waals surface area (Å²) in [5.74, 6) is 1.11. The van der Waals surface area contributed by atoms with E-state index < -0.39 is 18.1 Å². The maximum Gasteiger partial charge on any atom is 0.243 e. The number of nitrogens with one attached hydrogen (secondary N) is 1. The highest BCUT2D eigenvalue weighted by molar-refractivity contribution is 5.91. The fourth-order valence-corrected chi connectivity index (χ4v) is 13.1. The zero-order valence-electron chi connectivity index (χ0n) is 45.3. The number of morpholine rings is 1. The van der Waals surface area contributed by atoms with Gasteiger partial charge in [-0.05, 0) is 106 Å². The van der Waals surface area contributed by atoms with Gasteiger partial charge in [0.15, 0.2) is 17.4 Å². The van der Waals surface area contributed by atoms with E-state index in [-0.39, 0.29) is 48.1 Å². The Morgan fingerprint density at radius 1 is 0.883 bits per heavy atom. The number of likely N-dealkylation sites (tertiary alicyclic amines) is 2. The first-order valence-electron chi connectivity index (χ1n) is 28.3. The number of rotatable bonds is 15. The van der Waals surface area contributed by atoms with Gasteiger partial charge in [0.25, 0.3) is 0 Å². The van der Waals surface area contributed by atoms with Crippen LogP contribution >= 0.6 is 0 Å². The molecule has 0 unspecified atom stereocenters. The lowest BCUT2D eigenvalue weighted by atomic mass is 9.83. The van der Waals surface area contributed by atoms with Crippen LogP contribution < -0.4 is 20.9 Å². The molecule has 2 aromatic carbocycles. The molecule has 2 amide bonds. The average Bonchev–Trinajstić information content (AvgIpc) is 4.22. The van der Waals surface area contributed by atoms with E-state index in [1.165, 1.54) is 4.90 Å². The topological polar surface area (TPSA) is 217 Å². The number of aliphatic hydroxyl groups excluding tert-OH is 1. The van der Waals surface area contributed by atoms with Gasteiger partial charge in [0.1, 0.15) is 17.7 Å². The van der Waals surface area contributed by atoms with Gasteiger partial charge >= 0.3 is 0 Å². The Kier molecular flexibility index (Phi) is 15.6. The number of nitrogens with zero attached hydrogens (tertiary/aromatic N) is 10. The quantitative estimate of drug-likeness (QED) is 0.0946. The molecule has 3 aromatic heterocycles. The van der Waals surface area contributed by atoms with Crippen molar-refractivity contribution in [3.05, 3.63) is 84.3 Å². The zero-order valence-corrected chi connectivity index (χ0v) is 45.3. The van der Waals surface area contributed by atoms with E-state index in [0.29, 0.717) is 47.0 Å². The lowest BCUT2D eigenvalue weighted by Crippen LogP contribution is -2.61. The first-order chi connectivity index (χ1) is 37.3. The Morgan fingerprint density at radius 2 is 1.64 bits per heavy atom. The Labute approximate surface area is 452 Å². The molecule has 5 N–H and O–H groups in total. The number of benzene rings is 2. The summed E-state index contributed by atoms with van der Waals surface area (Å²) in [6.07, 6.45) is 10.0. The fraction of sp³-hybridized carbons (Fsp3) is 0.586. The second-order valence-electron chi connectivity index (χ2n) is 23.2. The molecule has 1 aliphatic carbocycles. The molecule has 6 aliphatic rings. The van der Waals surface area contributed by atoms with E-state index >= 15 is 0 Å². The summed E-state index contributed by atoms with van der Waals surface area (Å²) in [6.45, 7) is 15.2. The van der Waals surface area contributed by atoms with Crippen LogP contribution in [-0.2, 0) is 26.1 Å². The third-order valence-corrected chi connectivity index (χ3v) is 17.7. The van der Waals surface area contributed by atoms with Crippen LogP contribution in [0.5, 0.6) is 5.75 Å². The molecule has 5 saturated heterocycles. The smallest absolute Gasteiger partial charge is 0.243 e. The van der Waals surface area contributed by atoms with Crippen molar-refractivity contribution in [2.75, 3.05) is 87.6 Å². The highest BCUT2D eigenvalue weighted by Crippen LogP contribution is 2.40. The SMILES string of the molecule is CC(C)[C@@H](C(=O)N1C[C@H](O)C[C@H]1C(=O)N[C@@H](C)c1ccc(-c2ccnn2C)cc1)c1cc(N2CCC(CN3CCC(OC4CC(N5CCOC6(CCN(c7cc(-c8ccccc8O)nnc7N)CC6)C5)C4)CC3)CC2)no1. The Bertz CT molecular complexity index is 2810. The molecule has 0 radical (unpaired) electrons. The summed E-state index contributed by atoms with van der Waals surface area (Å²) >= 11 is 0. The summed E-state index contributed by atoms with van der Waals surface area (Å²) in [5.41, 5.74) is 11.2. The molecule has 19 heteroatoms. The Morgan fingerprint density at radius 3 is 2.35 bits per heavy atom. The van der Waals surface area contributed by atoms with E-state index in [0.717, 1.165) is 145 Å². The van der Waals surface area contributed by atoms with E-state index in [4.69, 9.17) is 19.7 Å². The molecular formula is C58H78N12O7. The van der Waals surface area contributed by atoms with E-state index in [2.05, 4.69) is 45.4 Å². The monoisotopic (exact) mass is 1050 g/mol. The number of β-amino-alcohol motifs (C(OH)–C–C–N with tert-alkyl or cyclic N) is 1. The lowest BCUT2D eigenvalue weighted by Gasteiger charge is -2.52.